The molecule has 0 saturated carbocycles. The molecule has 0 fully saturated rings. The zero-order valence-corrected chi connectivity index (χ0v) is 8.55. The van der Waals surface area contributed by atoms with Crippen molar-refractivity contribution in [1.82, 2.24) is 4.90 Å². The monoisotopic (exact) mass is 214 g/mol. The molecule has 1 aliphatic rings. The van der Waals surface area contributed by atoms with Crippen LogP contribution in [0.25, 0.3) is 5.57 Å². The number of amides is 1. The van der Waals surface area contributed by atoms with Gasteiger partial charge in [-0.15, -0.1) is 0 Å². The zero-order chi connectivity index (χ0) is 11.5. The lowest BCUT2D eigenvalue weighted by molar-refractivity contribution is 0.158. The molecule has 0 aromatic heterocycles. The molecule has 4 heteroatoms. The summed E-state index contributed by atoms with van der Waals surface area (Å²) < 4.78 is 0. The van der Waals surface area contributed by atoms with Crippen LogP contribution < -0.4 is 0 Å². The lowest BCUT2D eigenvalue weighted by Crippen LogP contribution is -2.26. The van der Waals surface area contributed by atoms with Gasteiger partial charge in [-0.05, 0) is 17.2 Å². The Morgan fingerprint density at radius 2 is 2.19 bits per heavy atom. The van der Waals surface area contributed by atoms with Gasteiger partial charge in [-0.2, -0.15) is 5.26 Å². The highest BCUT2D eigenvalue weighted by Crippen LogP contribution is 2.23. The number of carboxylic acid groups (broad SMARTS) is 1. The molecule has 0 radical (unpaired) electrons. The van der Waals surface area contributed by atoms with Gasteiger partial charge in [0.2, 0.25) is 0 Å². The quantitative estimate of drug-likeness (QED) is 0.776. The maximum absolute atomic E-state index is 10.8. The van der Waals surface area contributed by atoms with Crippen LogP contribution in [0, 0.1) is 11.3 Å². The SMILES string of the molecule is N#Cc1ccccc1C1=CCN(C(=O)O)C1. The van der Waals surface area contributed by atoms with E-state index >= 15 is 0 Å². The number of carbonyl (C=O) groups is 1. The molecular formula is C12H10N2O2. The van der Waals surface area contributed by atoms with Gasteiger partial charge in [0.25, 0.3) is 0 Å². The minimum Gasteiger partial charge on any atom is -0.465 e. The van der Waals surface area contributed by atoms with E-state index in [9.17, 15) is 4.79 Å². The van der Waals surface area contributed by atoms with E-state index < -0.39 is 6.09 Å². The van der Waals surface area contributed by atoms with Gasteiger partial charge in [0.05, 0.1) is 11.6 Å². The lowest BCUT2D eigenvalue weighted by atomic mass is 10.0. The first-order valence-corrected chi connectivity index (χ1v) is 4.89. The molecule has 0 unspecified atom stereocenters. The Kier molecular flexibility index (Phi) is 2.61. The van der Waals surface area contributed by atoms with E-state index in [0.29, 0.717) is 18.7 Å². The van der Waals surface area contributed by atoms with Gasteiger partial charge in [0, 0.05) is 13.1 Å². The number of nitrogens with zero attached hydrogens (tertiary/aromatic N) is 2. The average molecular weight is 214 g/mol. The van der Waals surface area contributed by atoms with E-state index in [0.717, 1.165) is 11.1 Å². The van der Waals surface area contributed by atoms with Crippen LogP contribution in [-0.4, -0.2) is 29.2 Å². The van der Waals surface area contributed by atoms with Crippen LogP contribution in [0.2, 0.25) is 0 Å². The Labute approximate surface area is 93.0 Å². The lowest BCUT2D eigenvalue weighted by Gasteiger charge is -2.11. The van der Waals surface area contributed by atoms with Crippen molar-refractivity contribution in [3.8, 4) is 6.07 Å². The van der Waals surface area contributed by atoms with Crippen molar-refractivity contribution >= 4 is 11.7 Å². The number of benzene rings is 1. The minimum absolute atomic E-state index is 0.355. The fourth-order valence-corrected chi connectivity index (χ4v) is 1.76. The van der Waals surface area contributed by atoms with Crippen molar-refractivity contribution in [2.75, 3.05) is 13.1 Å². The molecule has 1 aromatic rings. The van der Waals surface area contributed by atoms with Crippen molar-refractivity contribution in [1.29, 1.82) is 5.26 Å². The third kappa shape index (κ3) is 1.75. The molecule has 0 aliphatic carbocycles. The Balaban J connectivity index is 2.28. The smallest absolute Gasteiger partial charge is 0.407 e. The van der Waals surface area contributed by atoms with Gasteiger partial charge >= 0.3 is 6.09 Å². The highest BCUT2D eigenvalue weighted by molar-refractivity contribution is 5.78. The first-order chi connectivity index (χ1) is 7.72. The Hall–Kier alpha value is -2.28. The standard InChI is InChI=1S/C12H10N2O2/c13-7-9-3-1-2-4-11(9)10-5-6-14(8-10)12(15)16/h1-5H,6,8H2,(H,15,16). The van der Waals surface area contributed by atoms with Crippen molar-refractivity contribution < 1.29 is 9.90 Å². The zero-order valence-electron chi connectivity index (χ0n) is 8.55. The van der Waals surface area contributed by atoms with Crippen molar-refractivity contribution in [2.45, 2.75) is 0 Å². The van der Waals surface area contributed by atoms with Crippen LogP contribution in [0.4, 0.5) is 4.79 Å². The highest BCUT2D eigenvalue weighted by Gasteiger charge is 2.20. The summed E-state index contributed by atoms with van der Waals surface area (Å²) in [5.74, 6) is 0. The molecule has 1 N–H and O–H groups in total. The molecule has 0 atom stereocenters. The van der Waals surface area contributed by atoms with Crippen molar-refractivity contribution in [3.63, 3.8) is 0 Å². The molecule has 1 amide bonds. The summed E-state index contributed by atoms with van der Waals surface area (Å²) in [4.78, 5) is 12.1. The molecule has 80 valence electrons. The predicted molar refractivity (Wildman–Crippen MR) is 58.7 cm³/mol. The predicted octanol–water partition coefficient (Wildman–Crippen LogP) is 1.94. The van der Waals surface area contributed by atoms with E-state index in [4.69, 9.17) is 10.4 Å². The molecule has 1 aromatic carbocycles. The molecule has 4 nitrogen and oxygen atoms in total. The van der Waals surface area contributed by atoms with Gasteiger partial charge in [-0.1, -0.05) is 24.3 Å². The molecular weight excluding hydrogens is 204 g/mol. The van der Waals surface area contributed by atoms with Gasteiger partial charge in [0.1, 0.15) is 0 Å². The summed E-state index contributed by atoms with van der Waals surface area (Å²) in [5.41, 5.74) is 2.31. The summed E-state index contributed by atoms with van der Waals surface area (Å²) in [7, 11) is 0. The van der Waals surface area contributed by atoms with E-state index in [1.54, 1.807) is 12.1 Å². The molecule has 1 heterocycles. The number of rotatable bonds is 1. The third-order valence-corrected chi connectivity index (χ3v) is 2.58. The summed E-state index contributed by atoms with van der Waals surface area (Å²) >= 11 is 0. The normalized spacial score (nSPS) is 14.4. The summed E-state index contributed by atoms with van der Waals surface area (Å²) in [6.07, 6.45) is 0.922. The molecule has 1 aliphatic heterocycles. The van der Waals surface area contributed by atoms with E-state index in [1.807, 2.05) is 18.2 Å². The van der Waals surface area contributed by atoms with Gasteiger partial charge in [0.15, 0.2) is 0 Å². The van der Waals surface area contributed by atoms with E-state index in [1.165, 1.54) is 4.90 Å². The molecule has 0 bridgehead atoms. The fraction of sp³-hybridized carbons (Fsp3) is 0.167. The molecule has 0 spiro atoms. The largest absolute Gasteiger partial charge is 0.465 e. The number of nitriles is 1. The maximum atomic E-state index is 10.8. The second-order valence-electron chi connectivity index (χ2n) is 3.55. The van der Waals surface area contributed by atoms with Crippen molar-refractivity contribution in [3.05, 3.63) is 41.5 Å². The second-order valence-corrected chi connectivity index (χ2v) is 3.55. The van der Waals surface area contributed by atoms with Crippen LogP contribution in [0.15, 0.2) is 30.3 Å². The minimum atomic E-state index is -0.930. The highest BCUT2D eigenvalue weighted by atomic mass is 16.4. The summed E-state index contributed by atoms with van der Waals surface area (Å²) in [5, 5.41) is 17.8. The van der Waals surface area contributed by atoms with Crippen LogP contribution >= 0.6 is 0 Å². The Morgan fingerprint density at radius 3 is 2.81 bits per heavy atom. The first kappa shape index (κ1) is 10.2. The topological polar surface area (TPSA) is 64.3 Å². The Bertz CT molecular complexity index is 500. The third-order valence-electron chi connectivity index (χ3n) is 2.58. The second kappa shape index (κ2) is 4.07. The van der Waals surface area contributed by atoms with Crippen LogP contribution in [-0.2, 0) is 0 Å². The molecule has 16 heavy (non-hydrogen) atoms. The van der Waals surface area contributed by atoms with Crippen LogP contribution in [0.1, 0.15) is 11.1 Å². The van der Waals surface area contributed by atoms with Gasteiger partial charge in [-0.3, -0.25) is 0 Å². The van der Waals surface area contributed by atoms with E-state index in [2.05, 4.69) is 6.07 Å². The van der Waals surface area contributed by atoms with Crippen LogP contribution in [0.5, 0.6) is 0 Å². The van der Waals surface area contributed by atoms with E-state index in [-0.39, 0.29) is 0 Å². The maximum Gasteiger partial charge on any atom is 0.407 e. The summed E-state index contributed by atoms with van der Waals surface area (Å²) in [6.45, 7) is 0.748. The van der Waals surface area contributed by atoms with Crippen molar-refractivity contribution in [2.24, 2.45) is 0 Å². The fourth-order valence-electron chi connectivity index (χ4n) is 1.76. The average Bonchev–Trinajstić information content (AvgIpc) is 2.78. The Morgan fingerprint density at radius 1 is 1.44 bits per heavy atom. The summed E-state index contributed by atoms with van der Waals surface area (Å²) in [6, 6.07) is 9.33. The van der Waals surface area contributed by atoms with Gasteiger partial charge < -0.3 is 10.0 Å². The molecule has 2 rings (SSSR count). The number of hydrogen-bond acceptors (Lipinski definition) is 2. The van der Waals surface area contributed by atoms with Gasteiger partial charge in [-0.25, -0.2) is 4.79 Å². The number of hydrogen-bond donors (Lipinski definition) is 1. The van der Waals surface area contributed by atoms with Crippen LogP contribution in [0.3, 0.4) is 0 Å². The molecule has 0 saturated heterocycles. The first-order valence-electron chi connectivity index (χ1n) is 4.89.